The SMILES string of the molecule is NNc1ccc(CC(O)(O[P+](=O)O)O[P+](=O)O)cc1. The molecule has 0 aliphatic carbocycles. The highest BCUT2D eigenvalue weighted by molar-refractivity contribution is 7.33. The van der Waals surface area contributed by atoms with Crippen molar-refractivity contribution < 1.29 is 33.1 Å². The van der Waals surface area contributed by atoms with E-state index in [-0.39, 0.29) is 0 Å². The second kappa shape index (κ2) is 6.95. The number of aliphatic hydroxyl groups is 1. The maximum absolute atomic E-state index is 10.6. The minimum atomic E-state index is -3.22. The third kappa shape index (κ3) is 5.65. The first-order valence-electron chi connectivity index (χ1n) is 4.83. The molecule has 0 fully saturated rings. The van der Waals surface area contributed by atoms with Crippen LogP contribution >= 0.6 is 16.5 Å². The second-order valence-corrected chi connectivity index (χ2v) is 4.71. The fraction of sp³-hybridized carbons (Fsp3) is 0.250. The van der Waals surface area contributed by atoms with Gasteiger partial charge in [0, 0.05) is 14.8 Å². The molecule has 1 aromatic rings. The zero-order valence-electron chi connectivity index (χ0n) is 9.46. The molecule has 0 spiro atoms. The maximum Gasteiger partial charge on any atom is 0.700 e. The molecule has 0 aromatic heterocycles. The smallest absolute Gasteiger partial charge is 0.337 e. The van der Waals surface area contributed by atoms with Gasteiger partial charge in [-0.3, -0.25) is 5.84 Å². The summed E-state index contributed by atoms with van der Waals surface area (Å²) in [6.45, 7) is 0. The van der Waals surface area contributed by atoms with E-state index in [4.69, 9.17) is 15.6 Å². The van der Waals surface area contributed by atoms with Crippen LogP contribution in [0.2, 0.25) is 0 Å². The number of anilines is 1. The second-order valence-electron chi connectivity index (χ2n) is 3.39. The van der Waals surface area contributed by atoms with Gasteiger partial charge in [0.2, 0.25) is 0 Å². The molecule has 11 heteroatoms. The molecule has 0 saturated carbocycles. The zero-order valence-corrected chi connectivity index (χ0v) is 11.3. The Labute approximate surface area is 109 Å². The molecule has 0 radical (unpaired) electrons. The van der Waals surface area contributed by atoms with E-state index >= 15 is 0 Å². The van der Waals surface area contributed by atoms with Gasteiger partial charge in [-0.1, -0.05) is 12.1 Å². The first kappa shape index (κ1) is 16.0. The van der Waals surface area contributed by atoms with Crippen molar-refractivity contribution in [1.82, 2.24) is 0 Å². The Bertz CT molecular complexity index is 451. The summed E-state index contributed by atoms with van der Waals surface area (Å²) in [5, 5.41) is 9.76. The number of hydrogen-bond donors (Lipinski definition) is 5. The minimum absolute atomic E-state index is 0.426. The lowest BCUT2D eigenvalue weighted by Gasteiger charge is -2.14. The summed E-state index contributed by atoms with van der Waals surface area (Å²) in [7, 11) is -6.44. The fourth-order valence-corrected chi connectivity index (χ4v) is 2.05. The standard InChI is InChI=1S/C8H10N2O7P2/c9-10-7-3-1-6(2-4-7)5-8(11,16-18(12)13)17-19(14)15/h1-4,10-11H,5,9H2/p+2. The van der Waals surface area contributed by atoms with Gasteiger partial charge in [-0.15, -0.1) is 9.79 Å². The fourth-order valence-electron chi connectivity index (χ4n) is 1.30. The summed E-state index contributed by atoms with van der Waals surface area (Å²) in [5.41, 5.74) is 3.40. The predicted octanol–water partition coefficient (Wildman–Crippen LogP) is 0.493. The van der Waals surface area contributed by atoms with Crippen LogP contribution in [0.4, 0.5) is 5.69 Å². The first-order chi connectivity index (χ1) is 8.84. The lowest BCUT2D eigenvalue weighted by Crippen LogP contribution is -2.34. The molecule has 0 saturated heterocycles. The van der Waals surface area contributed by atoms with E-state index in [0.29, 0.717) is 11.3 Å². The van der Waals surface area contributed by atoms with Crippen LogP contribution in [-0.4, -0.2) is 20.9 Å². The highest BCUT2D eigenvalue weighted by Crippen LogP contribution is 2.35. The van der Waals surface area contributed by atoms with Gasteiger partial charge in [0.25, 0.3) is 0 Å². The van der Waals surface area contributed by atoms with Gasteiger partial charge in [0.15, 0.2) is 0 Å². The van der Waals surface area contributed by atoms with Crippen molar-refractivity contribution in [2.24, 2.45) is 5.84 Å². The first-order valence-corrected chi connectivity index (χ1v) is 7.09. The molecule has 0 heterocycles. The average molecular weight is 310 g/mol. The van der Waals surface area contributed by atoms with Crippen molar-refractivity contribution in [3.05, 3.63) is 29.8 Å². The Kier molecular flexibility index (Phi) is 5.86. The van der Waals surface area contributed by atoms with Gasteiger partial charge < -0.3 is 10.5 Å². The van der Waals surface area contributed by atoms with Gasteiger partial charge >= 0.3 is 22.5 Å². The van der Waals surface area contributed by atoms with Gasteiger partial charge in [0.1, 0.15) is 0 Å². The van der Waals surface area contributed by atoms with E-state index in [2.05, 4.69) is 14.5 Å². The van der Waals surface area contributed by atoms with Crippen molar-refractivity contribution in [2.45, 2.75) is 12.4 Å². The van der Waals surface area contributed by atoms with Gasteiger partial charge in [-0.05, 0) is 26.7 Å². The highest BCUT2D eigenvalue weighted by atomic mass is 31.1. The third-order valence-electron chi connectivity index (χ3n) is 1.99. The molecule has 104 valence electrons. The average Bonchev–Trinajstić information content (AvgIpc) is 2.27. The normalized spacial score (nSPS) is 15.6. The Hall–Kier alpha value is -1.02. The molecule has 1 rings (SSSR count). The number of rotatable bonds is 7. The summed E-state index contributed by atoms with van der Waals surface area (Å²) in [4.78, 5) is 17.2. The molecule has 2 unspecified atom stereocenters. The lowest BCUT2D eigenvalue weighted by molar-refractivity contribution is -0.271. The number of nitrogens with one attached hydrogen (secondary N) is 1. The van der Waals surface area contributed by atoms with Gasteiger partial charge in [-0.25, -0.2) is 0 Å². The van der Waals surface area contributed by atoms with Crippen LogP contribution in [-0.2, 0) is 24.6 Å². The monoisotopic (exact) mass is 310 g/mol. The van der Waals surface area contributed by atoms with E-state index in [1.165, 1.54) is 12.1 Å². The quantitative estimate of drug-likeness (QED) is 0.210. The number of nitrogen functional groups attached to an aromatic ring is 1. The number of benzene rings is 1. The predicted molar refractivity (Wildman–Crippen MR) is 64.7 cm³/mol. The topological polar surface area (TPSA) is 151 Å². The van der Waals surface area contributed by atoms with Gasteiger partial charge in [0.05, 0.1) is 6.42 Å². The van der Waals surface area contributed by atoms with Crippen molar-refractivity contribution in [2.75, 3.05) is 5.43 Å². The van der Waals surface area contributed by atoms with Crippen molar-refractivity contribution in [3.8, 4) is 0 Å². The number of hydrazine groups is 1. The summed E-state index contributed by atoms with van der Waals surface area (Å²) in [6, 6.07) is 6.16. The molecule has 9 nitrogen and oxygen atoms in total. The highest BCUT2D eigenvalue weighted by Gasteiger charge is 2.48. The van der Waals surface area contributed by atoms with E-state index in [1.807, 2.05) is 0 Å². The van der Waals surface area contributed by atoms with Crippen LogP contribution in [0.3, 0.4) is 0 Å². The molecule has 0 amide bonds. The molecule has 6 N–H and O–H groups in total. The van der Waals surface area contributed by atoms with E-state index < -0.39 is 28.9 Å². The van der Waals surface area contributed by atoms with Gasteiger partial charge in [-0.2, -0.15) is 0 Å². The van der Waals surface area contributed by atoms with Crippen LogP contribution in [0.25, 0.3) is 0 Å². The van der Waals surface area contributed by atoms with Crippen LogP contribution in [0.15, 0.2) is 24.3 Å². The van der Waals surface area contributed by atoms with Crippen molar-refractivity contribution in [3.63, 3.8) is 0 Å². The Morgan fingerprint density at radius 2 is 1.63 bits per heavy atom. The van der Waals surface area contributed by atoms with Crippen LogP contribution < -0.4 is 11.3 Å². The lowest BCUT2D eigenvalue weighted by atomic mass is 10.1. The number of nitrogens with two attached hydrogens (primary N) is 1. The Morgan fingerprint density at radius 1 is 1.16 bits per heavy atom. The molecule has 0 bridgehead atoms. The van der Waals surface area contributed by atoms with Crippen LogP contribution in [0, 0.1) is 0 Å². The Morgan fingerprint density at radius 3 is 2.00 bits per heavy atom. The largest absolute Gasteiger partial charge is 0.700 e. The summed E-state index contributed by atoms with van der Waals surface area (Å²) >= 11 is 0. The Balaban J connectivity index is 2.86. The molecular formula is C8H12N2O7P2+2. The summed E-state index contributed by atoms with van der Waals surface area (Å²) in [6.07, 6.45) is -0.429. The molecule has 0 aliphatic rings. The number of hydrogen-bond acceptors (Lipinski definition) is 7. The van der Waals surface area contributed by atoms with Crippen molar-refractivity contribution >= 4 is 22.2 Å². The third-order valence-corrected chi connectivity index (χ3v) is 2.87. The molecular weight excluding hydrogens is 298 g/mol. The maximum atomic E-state index is 10.6. The molecule has 19 heavy (non-hydrogen) atoms. The minimum Gasteiger partial charge on any atom is -0.337 e. The molecule has 0 aliphatic heterocycles. The zero-order chi connectivity index (χ0) is 14.5. The summed E-state index contributed by atoms with van der Waals surface area (Å²) in [5.74, 6) is 2.49. The van der Waals surface area contributed by atoms with Crippen LogP contribution in [0.1, 0.15) is 5.56 Å². The summed E-state index contributed by atoms with van der Waals surface area (Å²) < 4.78 is 29.6. The molecule has 2 atom stereocenters. The molecule has 1 aromatic carbocycles. The van der Waals surface area contributed by atoms with Crippen LogP contribution in [0.5, 0.6) is 0 Å². The van der Waals surface area contributed by atoms with Crippen molar-refractivity contribution in [1.29, 1.82) is 0 Å². The van der Waals surface area contributed by atoms with E-state index in [0.717, 1.165) is 0 Å². The van der Waals surface area contributed by atoms with E-state index in [1.54, 1.807) is 12.1 Å². The van der Waals surface area contributed by atoms with E-state index in [9.17, 15) is 14.2 Å².